The van der Waals surface area contributed by atoms with Crippen LogP contribution in [0.5, 0.6) is 0 Å². The van der Waals surface area contributed by atoms with Crippen LogP contribution in [0.3, 0.4) is 0 Å². The zero-order valence-electron chi connectivity index (χ0n) is 12.4. The zero-order valence-corrected chi connectivity index (χ0v) is 12.4. The Kier molecular flexibility index (Phi) is 4.29. The molecule has 1 nitrogen and oxygen atoms in total. The molecule has 1 aliphatic carbocycles. The Bertz CT molecular complexity index is 413. The van der Waals surface area contributed by atoms with Gasteiger partial charge in [0.15, 0.2) is 0 Å². The molecule has 2 heteroatoms. The Morgan fingerprint density at radius 2 is 1.84 bits per heavy atom. The minimum atomic E-state index is -0.164. The molecule has 1 saturated carbocycles. The van der Waals surface area contributed by atoms with Crippen LogP contribution in [0, 0.1) is 24.1 Å². The highest BCUT2D eigenvalue weighted by Gasteiger charge is 2.40. The number of halogens is 1. The van der Waals surface area contributed by atoms with Gasteiger partial charge >= 0.3 is 0 Å². The smallest absolute Gasteiger partial charge is 0.123 e. The second-order valence-electron chi connectivity index (χ2n) is 6.71. The van der Waals surface area contributed by atoms with E-state index in [1.165, 1.54) is 25.7 Å². The fourth-order valence-electron chi connectivity index (χ4n) is 3.83. The van der Waals surface area contributed by atoms with Gasteiger partial charge < -0.3 is 5.73 Å². The molecule has 1 unspecified atom stereocenters. The monoisotopic (exact) mass is 263 g/mol. The molecule has 106 valence electrons. The first-order valence-electron chi connectivity index (χ1n) is 7.46. The van der Waals surface area contributed by atoms with Crippen LogP contribution in [0.1, 0.15) is 63.1 Å². The minimum Gasteiger partial charge on any atom is -0.323 e. The summed E-state index contributed by atoms with van der Waals surface area (Å²) in [4.78, 5) is 0. The van der Waals surface area contributed by atoms with Crippen LogP contribution in [0.4, 0.5) is 4.39 Å². The van der Waals surface area contributed by atoms with Crippen molar-refractivity contribution in [3.05, 3.63) is 35.1 Å². The number of nitrogens with two attached hydrogens (primary N) is 1. The van der Waals surface area contributed by atoms with Crippen LogP contribution in [-0.4, -0.2) is 0 Å². The van der Waals surface area contributed by atoms with Gasteiger partial charge in [-0.15, -0.1) is 0 Å². The Morgan fingerprint density at radius 1 is 1.21 bits per heavy atom. The molecule has 1 aromatic carbocycles. The van der Waals surface area contributed by atoms with Crippen molar-refractivity contribution >= 4 is 0 Å². The second kappa shape index (κ2) is 5.62. The van der Waals surface area contributed by atoms with E-state index in [1.807, 2.05) is 13.0 Å². The van der Waals surface area contributed by atoms with Gasteiger partial charge in [0.2, 0.25) is 0 Å². The van der Waals surface area contributed by atoms with Crippen LogP contribution in [0.15, 0.2) is 18.2 Å². The van der Waals surface area contributed by atoms with Gasteiger partial charge in [0, 0.05) is 6.04 Å². The summed E-state index contributed by atoms with van der Waals surface area (Å²) in [6, 6.07) is 5.21. The first kappa shape index (κ1) is 14.5. The first-order valence-corrected chi connectivity index (χ1v) is 7.46. The molecule has 0 radical (unpaired) electrons. The molecule has 0 bridgehead atoms. The molecule has 1 aliphatic rings. The fourth-order valence-corrected chi connectivity index (χ4v) is 3.83. The highest BCUT2D eigenvalue weighted by atomic mass is 19.1. The maximum Gasteiger partial charge on any atom is 0.123 e. The Labute approximate surface area is 116 Å². The highest BCUT2D eigenvalue weighted by Crippen LogP contribution is 2.50. The van der Waals surface area contributed by atoms with Gasteiger partial charge in [-0.25, -0.2) is 4.39 Å². The number of rotatable bonds is 4. The quantitative estimate of drug-likeness (QED) is 0.834. The normalized spacial score (nSPS) is 19.9. The molecular formula is C17H26FN. The third-order valence-electron chi connectivity index (χ3n) is 4.50. The first-order chi connectivity index (χ1) is 8.93. The lowest BCUT2D eigenvalue weighted by Crippen LogP contribution is -2.33. The Morgan fingerprint density at radius 3 is 2.37 bits per heavy atom. The van der Waals surface area contributed by atoms with E-state index in [9.17, 15) is 4.39 Å². The van der Waals surface area contributed by atoms with Gasteiger partial charge in [0.05, 0.1) is 0 Å². The summed E-state index contributed by atoms with van der Waals surface area (Å²) >= 11 is 0. The summed E-state index contributed by atoms with van der Waals surface area (Å²) in [6.07, 6.45) is 6.02. The van der Waals surface area contributed by atoms with Crippen LogP contribution < -0.4 is 5.73 Å². The molecule has 0 heterocycles. The van der Waals surface area contributed by atoms with Crippen molar-refractivity contribution in [3.63, 3.8) is 0 Å². The largest absolute Gasteiger partial charge is 0.323 e. The van der Waals surface area contributed by atoms with Crippen molar-refractivity contribution in [1.82, 2.24) is 0 Å². The van der Waals surface area contributed by atoms with Crippen LogP contribution in [0.2, 0.25) is 0 Å². The average molecular weight is 263 g/mol. The molecule has 2 rings (SSSR count). The van der Waals surface area contributed by atoms with Crippen molar-refractivity contribution in [1.29, 1.82) is 0 Å². The lowest BCUT2D eigenvalue weighted by atomic mass is 9.70. The molecule has 1 aromatic rings. The number of hydrogen-bond donors (Lipinski definition) is 1. The van der Waals surface area contributed by atoms with Gasteiger partial charge in [0.1, 0.15) is 5.82 Å². The van der Waals surface area contributed by atoms with Crippen molar-refractivity contribution in [3.8, 4) is 0 Å². The summed E-state index contributed by atoms with van der Waals surface area (Å²) in [7, 11) is 0. The Hall–Kier alpha value is -0.890. The van der Waals surface area contributed by atoms with E-state index in [4.69, 9.17) is 5.73 Å². The van der Waals surface area contributed by atoms with Crippen LogP contribution in [0.25, 0.3) is 0 Å². The predicted molar refractivity (Wildman–Crippen MR) is 78.4 cm³/mol. The molecule has 19 heavy (non-hydrogen) atoms. The molecule has 1 fully saturated rings. The van der Waals surface area contributed by atoms with Crippen molar-refractivity contribution in [2.45, 2.75) is 58.9 Å². The van der Waals surface area contributed by atoms with Gasteiger partial charge in [-0.2, -0.15) is 0 Å². The van der Waals surface area contributed by atoms with Crippen LogP contribution in [-0.2, 0) is 0 Å². The predicted octanol–water partition coefficient (Wildman–Crippen LogP) is 4.74. The number of benzene rings is 1. The van der Waals surface area contributed by atoms with E-state index in [0.717, 1.165) is 17.5 Å². The topological polar surface area (TPSA) is 26.0 Å². The molecule has 0 spiro atoms. The molecule has 0 aliphatic heterocycles. The van der Waals surface area contributed by atoms with Gasteiger partial charge in [0.25, 0.3) is 0 Å². The summed E-state index contributed by atoms with van der Waals surface area (Å²) < 4.78 is 13.6. The zero-order chi connectivity index (χ0) is 14.0. The highest BCUT2D eigenvalue weighted by molar-refractivity contribution is 5.28. The second-order valence-corrected chi connectivity index (χ2v) is 6.71. The van der Waals surface area contributed by atoms with E-state index < -0.39 is 0 Å². The third kappa shape index (κ3) is 3.17. The molecule has 0 aromatic heterocycles. The van der Waals surface area contributed by atoms with Gasteiger partial charge in [-0.1, -0.05) is 32.8 Å². The van der Waals surface area contributed by atoms with Gasteiger partial charge in [-0.3, -0.25) is 0 Å². The molecular weight excluding hydrogens is 237 g/mol. The van der Waals surface area contributed by atoms with E-state index in [2.05, 4.69) is 13.8 Å². The summed E-state index contributed by atoms with van der Waals surface area (Å²) in [5.41, 5.74) is 8.66. The summed E-state index contributed by atoms with van der Waals surface area (Å²) in [6.45, 7) is 6.44. The van der Waals surface area contributed by atoms with E-state index in [-0.39, 0.29) is 17.3 Å². The number of hydrogen-bond acceptors (Lipinski definition) is 1. The maximum absolute atomic E-state index is 13.6. The van der Waals surface area contributed by atoms with Gasteiger partial charge in [-0.05, 0) is 60.8 Å². The SMILES string of the molecule is Cc1cc(F)cc(C(N)C2(CC(C)C)CCCC2)c1. The van der Waals surface area contributed by atoms with E-state index >= 15 is 0 Å². The third-order valence-corrected chi connectivity index (χ3v) is 4.50. The molecule has 1 atom stereocenters. The summed E-state index contributed by atoms with van der Waals surface area (Å²) in [5, 5.41) is 0. The standard InChI is InChI=1S/C17H26FN/c1-12(2)11-17(6-4-5-7-17)16(19)14-8-13(3)9-15(18)10-14/h8-10,12,16H,4-7,11,19H2,1-3H3. The van der Waals surface area contributed by atoms with Crippen molar-refractivity contribution in [2.24, 2.45) is 17.1 Å². The van der Waals surface area contributed by atoms with Crippen LogP contribution >= 0.6 is 0 Å². The number of aryl methyl sites for hydroxylation is 1. The van der Waals surface area contributed by atoms with E-state index in [0.29, 0.717) is 5.92 Å². The van der Waals surface area contributed by atoms with Crippen molar-refractivity contribution in [2.75, 3.05) is 0 Å². The molecule has 0 saturated heterocycles. The lowest BCUT2D eigenvalue weighted by molar-refractivity contribution is 0.183. The lowest BCUT2D eigenvalue weighted by Gasteiger charge is -2.37. The Balaban J connectivity index is 2.31. The fraction of sp³-hybridized carbons (Fsp3) is 0.647. The molecule has 2 N–H and O–H groups in total. The maximum atomic E-state index is 13.6. The summed E-state index contributed by atoms with van der Waals surface area (Å²) in [5.74, 6) is 0.474. The molecule has 0 amide bonds. The van der Waals surface area contributed by atoms with Crippen molar-refractivity contribution < 1.29 is 4.39 Å². The average Bonchev–Trinajstić information content (AvgIpc) is 2.75. The minimum absolute atomic E-state index is 0.0354. The van der Waals surface area contributed by atoms with E-state index in [1.54, 1.807) is 12.1 Å².